The summed E-state index contributed by atoms with van der Waals surface area (Å²) in [6, 6.07) is 0. The van der Waals surface area contributed by atoms with Gasteiger partial charge in [0.1, 0.15) is 12.7 Å². The van der Waals surface area contributed by atoms with E-state index in [1.807, 2.05) is 0 Å². The number of hydrogen-bond acceptors (Lipinski definition) is 6. The zero-order valence-corrected chi connectivity index (χ0v) is 9.75. The first-order chi connectivity index (χ1) is 8.58. The fourth-order valence-electron chi connectivity index (χ4n) is 1.75. The third-order valence-corrected chi connectivity index (χ3v) is 2.73. The average Bonchev–Trinajstić information content (AvgIpc) is 2.77. The highest BCUT2D eigenvalue weighted by Gasteiger charge is 2.30. The first-order valence-electron chi connectivity index (χ1n) is 5.44. The zero-order chi connectivity index (χ0) is 13.3. The average molecular weight is 258 g/mol. The van der Waals surface area contributed by atoms with Gasteiger partial charge in [0, 0.05) is 0 Å². The molecule has 100 valence electrons. The Balaban J connectivity index is 2.36. The van der Waals surface area contributed by atoms with Crippen LogP contribution in [-0.2, 0) is 4.74 Å². The molecule has 0 amide bonds. The van der Waals surface area contributed by atoms with Gasteiger partial charge in [0.2, 0.25) is 5.88 Å². The first-order valence-corrected chi connectivity index (χ1v) is 5.44. The molecule has 18 heavy (non-hydrogen) atoms. The number of aromatic nitrogens is 2. The minimum absolute atomic E-state index is 0.0455. The van der Waals surface area contributed by atoms with Gasteiger partial charge < -0.3 is 19.7 Å². The van der Waals surface area contributed by atoms with E-state index < -0.39 is 23.6 Å². The second-order valence-electron chi connectivity index (χ2n) is 3.95. The maximum Gasteiger partial charge on any atom is 0.333 e. The van der Waals surface area contributed by atoms with Crippen LogP contribution in [0.3, 0.4) is 0 Å². The van der Waals surface area contributed by atoms with E-state index >= 15 is 0 Å². The largest absolute Gasteiger partial charge is 0.474 e. The molecule has 0 saturated carbocycles. The van der Waals surface area contributed by atoms with Crippen LogP contribution in [0.25, 0.3) is 0 Å². The van der Waals surface area contributed by atoms with Gasteiger partial charge in [0.15, 0.2) is 6.23 Å². The molecule has 8 nitrogen and oxygen atoms in total. The predicted molar refractivity (Wildman–Crippen MR) is 59.6 cm³/mol. The van der Waals surface area contributed by atoms with Gasteiger partial charge in [-0.15, -0.1) is 0 Å². The molecule has 2 heterocycles. The van der Waals surface area contributed by atoms with Crippen LogP contribution in [0.4, 0.5) is 0 Å². The lowest BCUT2D eigenvalue weighted by molar-refractivity contribution is -0.0934. The normalized spacial score (nSPS) is 17.9. The van der Waals surface area contributed by atoms with Gasteiger partial charge in [0.05, 0.1) is 18.8 Å². The molecule has 0 spiro atoms. The molecule has 0 unspecified atom stereocenters. The molecule has 0 aromatic carbocycles. The number of ether oxygens (including phenoxy) is 2. The Labute approximate surface area is 101 Å². The number of fused-ring (bicyclic) bond motifs is 1. The molecule has 2 rings (SSSR count). The third-order valence-electron chi connectivity index (χ3n) is 2.73. The van der Waals surface area contributed by atoms with Gasteiger partial charge in [0.25, 0.3) is 5.56 Å². The van der Waals surface area contributed by atoms with E-state index in [1.54, 1.807) is 0 Å². The summed E-state index contributed by atoms with van der Waals surface area (Å²) < 4.78 is 11.7. The first kappa shape index (κ1) is 12.8. The van der Waals surface area contributed by atoms with Gasteiger partial charge in [-0.1, -0.05) is 0 Å². The molecular formula is C10H14N2O6. The van der Waals surface area contributed by atoms with E-state index in [1.165, 1.54) is 6.92 Å². The highest BCUT2D eigenvalue weighted by atomic mass is 16.6. The Hall–Kier alpha value is -1.64. The second kappa shape index (κ2) is 4.92. The van der Waals surface area contributed by atoms with Crippen LogP contribution < -0.4 is 16.0 Å². The van der Waals surface area contributed by atoms with Crippen LogP contribution in [0.2, 0.25) is 0 Å². The number of rotatable bonds is 4. The highest BCUT2D eigenvalue weighted by Crippen LogP contribution is 2.26. The van der Waals surface area contributed by atoms with Crippen molar-refractivity contribution in [1.82, 2.24) is 9.55 Å². The number of nitrogens with zero attached hydrogens (tertiary/aromatic N) is 1. The molecule has 1 aliphatic heterocycles. The highest BCUT2D eigenvalue weighted by molar-refractivity contribution is 5.24. The minimum Gasteiger partial charge on any atom is -0.474 e. The van der Waals surface area contributed by atoms with Crippen LogP contribution in [0.15, 0.2) is 9.59 Å². The lowest BCUT2D eigenvalue weighted by Crippen LogP contribution is -2.35. The number of aliphatic hydroxyl groups excluding tert-OH is 2. The van der Waals surface area contributed by atoms with Crippen molar-refractivity contribution in [3.8, 4) is 5.88 Å². The Kier molecular flexibility index (Phi) is 3.50. The van der Waals surface area contributed by atoms with Gasteiger partial charge in [-0.2, -0.15) is 0 Å². The molecule has 1 atom stereocenters. The standard InChI is InChI=1S/C10H14N2O6/c1-5-8(15)11-10(16)12-7(4-17-9(5)12)18-6(2-13)3-14/h6-7,13-14H,2-4H2,1H3,(H,11,15,16)/t7-/m0/s1. The summed E-state index contributed by atoms with van der Waals surface area (Å²) in [6.45, 7) is 0.824. The maximum atomic E-state index is 11.7. The van der Waals surface area contributed by atoms with E-state index in [4.69, 9.17) is 19.7 Å². The molecule has 1 aromatic heterocycles. The molecule has 1 aliphatic rings. The lowest BCUT2D eigenvalue weighted by atomic mass is 10.3. The maximum absolute atomic E-state index is 11.7. The van der Waals surface area contributed by atoms with Crippen molar-refractivity contribution < 1.29 is 19.7 Å². The van der Waals surface area contributed by atoms with E-state index in [9.17, 15) is 9.59 Å². The van der Waals surface area contributed by atoms with Crippen molar-refractivity contribution in [1.29, 1.82) is 0 Å². The molecule has 3 N–H and O–H groups in total. The Bertz CT molecular complexity index is 544. The quantitative estimate of drug-likeness (QED) is 0.581. The predicted octanol–water partition coefficient (Wildman–Crippen LogP) is -1.89. The van der Waals surface area contributed by atoms with Gasteiger partial charge in [-0.3, -0.25) is 9.78 Å². The van der Waals surface area contributed by atoms with Crippen molar-refractivity contribution in [2.24, 2.45) is 0 Å². The molecule has 1 aromatic rings. The van der Waals surface area contributed by atoms with Crippen LogP contribution in [0, 0.1) is 6.92 Å². The van der Waals surface area contributed by atoms with E-state index in [2.05, 4.69) is 4.98 Å². The SMILES string of the molecule is Cc1c2n(c(=O)[nH]c1=O)[C@@H](OC(CO)CO)CO2. The summed E-state index contributed by atoms with van der Waals surface area (Å²) in [5, 5.41) is 17.9. The lowest BCUT2D eigenvalue weighted by Gasteiger charge is -2.18. The second-order valence-corrected chi connectivity index (χ2v) is 3.95. The van der Waals surface area contributed by atoms with E-state index in [0.717, 1.165) is 4.57 Å². The molecule has 0 fully saturated rings. The summed E-state index contributed by atoms with van der Waals surface area (Å²) >= 11 is 0. The minimum atomic E-state index is -0.802. The zero-order valence-electron chi connectivity index (χ0n) is 9.75. The number of aromatic amines is 1. The van der Waals surface area contributed by atoms with Crippen LogP contribution in [-0.4, -0.2) is 45.7 Å². The number of H-pyrrole nitrogens is 1. The summed E-state index contributed by atoms with van der Waals surface area (Å²) in [6.07, 6.45) is -1.57. The Morgan fingerprint density at radius 3 is 2.78 bits per heavy atom. The molecule has 0 radical (unpaired) electrons. The van der Waals surface area contributed by atoms with Crippen LogP contribution in [0.1, 0.15) is 11.8 Å². The molecule has 8 heteroatoms. The molecular weight excluding hydrogens is 244 g/mol. The smallest absolute Gasteiger partial charge is 0.333 e. The topological polar surface area (TPSA) is 114 Å². The summed E-state index contributed by atoms with van der Waals surface area (Å²) in [7, 11) is 0. The fraction of sp³-hybridized carbons (Fsp3) is 0.600. The summed E-state index contributed by atoms with van der Waals surface area (Å²) in [5.41, 5.74) is -0.865. The number of nitrogens with one attached hydrogen (secondary N) is 1. The van der Waals surface area contributed by atoms with E-state index in [-0.39, 0.29) is 31.3 Å². The van der Waals surface area contributed by atoms with Gasteiger partial charge in [-0.05, 0) is 6.92 Å². The van der Waals surface area contributed by atoms with Crippen molar-refractivity contribution in [3.63, 3.8) is 0 Å². The van der Waals surface area contributed by atoms with E-state index in [0.29, 0.717) is 0 Å². The van der Waals surface area contributed by atoms with Crippen molar-refractivity contribution in [3.05, 3.63) is 26.4 Å². The number of hydrogen-bond donors (Lipinski definition) is 3. The van der Waals surface area contributed by atoms with Crippen LogP contribution in [0.5, 0.6) is 5.88 Å². The summed E-state index contributed by atoms with van der Waals surface area (Å²) in [4.78, 5) is 25.2. The van der Waals surface area contributed by atoms with Gasteiger partial charge >= 0.3 is 5.69 Å². The molecule has 0 saturated heterocycles. The monoisotopic (exact) mass is 258 g/mol. The van der Waals surface area contributed by atoms with Crippen molar-refractivity contribution >= 4 is 0 Å². The third kappa shape index (κ3) is 2.05. The number of aliphatic hydroxyl groups is 2. The van der Waals surface area contributed by atoms with Crippen LogP contribution >= 0.6 is 0 Å². The Morgan fingerprint density at radius 2 is 2.17 bits per heavy atom. The fourth-order valence-corrected chi connectivity index (χ4v) is 1.75. The molecule has 0 aliphatic carbocycles. The summed E-state index contributed by atoms with van der Waals surface area (Å²) in [5.74, 6) is 0.156. The van der Waals surface area contributed by atoms with Gasteiger partial charge in [-0.25, -0.2) is 9.36 Å². The van der Waals surface area contributed by atoms with Crippen molar-refractivity contribution in [2.75, 3.05) is 19.8 Å². The Morgan fingerprint density at radius 1 is 1.50 bits per heavy atom. The van der Waals surface area contributed by atoms with Crippen molar-refractivity contribution in [2.45, 2.75) is 19.3 Å². The molecule has 0 bridgehead atoms.